The van der Waals surface area contributed by atoms with Crippen molar-refractivity contribution in [2.24, 2.45) is 0 Å². The molecule has 0 bridgehead atoms. The molecule has 0 aliphatic carbocycles. The number of anilines is 1. The second kappa shape index (κ2) is 6.88. The molecule has 0 radical (unpaired) electrons. The average molecular weight is 308 g/mol. The molecule has 0 spiro atoms. The molecule has 0 atom stereocenters. The van der Waals surface area contributed by atoms with E-state index in [1.54, 1.807) is 0 Å². The third kappa shape index (κ3) is 5.65. The van der Waals surface area contributed by atoms with E-state index in [2.05, 4.69) is 10.1 Å². The molecule has 1 aromatic carbocycles. The summed E-state index contributed by atoms with van der Waals surface area (Å²) in [6.07, 6.45) is -4.41. The van der Waals surface area contributed by atoms with Crippen molar-refractivity contribution >= 4 is 17.3 Å². The Bertz CT molecular complexity index is 533. The smallest absolute Gasteiger partial charge is 0.411 e. The first-order valence-corrected chi connectivity index (χ1v) is 5.61. The summed E-state index contributed by atoms with van der Waals surface area (Å²) in [7, 11) is 0. The van der Waals surface area contributed by atoms with Gasteiger partial charge in [0.05, 0.1) is 11.5 Å². The van der Waals surface area contributed by atoms with Crippen LogP contribution in [0.25, 0.3) is 0 Å². The standard InChI is InChI=1S/C11H11F3N2O5/c12-11(13,14)6-21-4-3-15-7-1-2-9(16(19)20)8(5-7)10(17)18/h1-2,5,15H,3-4,6H2,(H,17,18). The summed E-state index contributed by atoms with van der Waals surface area (Å²) >= 11 is 0. The largest absolute Gasteiger partial charge is 0.477 e. The molecule has 7 nitrogen and oxygen atoms in total. The predicted octanol–water partition coefficient (Wildman–Crippen LogP) is 2.28. The third-order valence-corrected chi connectivity index (χ3v) is 2.26. The maximum Gasteiger partial charge on any atom is 0.411 e. The van der Waals surface area contributed by atoms with Gasteiger partial charge < -0.3 is 15.2 Å². The molecular formula is C11H11F3N2O5. The molecule has 0 unspecified atom stereocenters. The molecule has 0 aromatic heterocycles. The number of halogens is 3. The van der Waals surface area contributed by atoms with Crippen LogP contribution >= 0.6 is 0 Å². The molecule has 10 heteroatoms. The van der Waals surface area contributed by atoms with Crippen LogP contribution in [0, 0.1) is 10.1 Å². The zero-order valence-electron chi connectivity index (χ0n) is 10.5. The van der Waals surface area contributed by atoms with Gasteiger partial charge in [-0.25, -0.2) is 4.79 Å². The van der Waals surface area contributed by atoms with Crippen molar-refractivity contribution in [1.82, 2.24) is 0 Å². The quantitative estimate of drug-likeness (QED) is 0.455. The molecule has 0 fully saturated rings. The van der Waals surface area contributed by atoms with Crippen LogP contribution in [0.15, 0.2) is 18.2 Å². The van der Waals surface area contributed by atoms with Crippen LogP contribution in [0.4, 0.5) is 24.5 Å². The number of nitrogens with one attached hydrogen (secondary N) is 1. The minimum absolute atomic E-state index is 0.00699. The number of rotatable bonds is 7. The lowest BCUT2D eigenvalue weighted by molar-refractivity contribution is -0.385. The highest BCUT2D eigenvalue weighted by Gasteiger charge is 2.27. The van der Waals surface area contributed by atoms with Gasteiger partial charge in [-0.1, -0.05) is 0 Å². The number of carboxylic acids is 1. The Balaban J connectivity index is 2.59. The summed E-state index contributed by atoms with van der Waals surface area (Å²) < 4.78 is 39.7. The first-order valence-electron chi connectivity index (χ1n) is 5.61. The van der Waals surface area contributed by atoms with E-state index in [1.807, 2.05) is 0 Å². The van der Waals surface area contributed by atoms with Crippen molar-refractivity contribution in [3.8, 4) is 0 Å². The first kappa shape index (κ1) is 16.7. The van der Waals surface area contributed by atoms with Gasteiger partial charge in [0, 0.05) is 18.3 Å². The Hall–Kier alpha value is -2.36. The zero-order valence-corrected chi connectivity index (χ0v) is 10.5. The van der Waals surface area contributed by atoms with Gasteiger partial charge in [0.25, 0.3) is 5.69 Å². The fourth-order valence-corrected chi connectivity index (χ4v) is 1.43. The summed E-state index contributed by atoms with van der Waals surface area (Å²) in [4.78, 5) is 20.7. The molecule has 0 aliphatic rings. The molecule has 1 rings (SSSR count). The van der Waals surface area contributed by atoms with E-state index in [0.717, 1.165) is 12.1 Å². The lowest BCUT2D eigenvalue weighted by Crippen LogP contribution is -2.20. The number of carboxylic acid groups (broad SMARTS) is 1. The van der Waals surface area contributed by atoms with Gasteiger partial charge >= 0.3 is 12.1 Å². The Kier molecular flexibility index (Phi) is 5.47. The summed E-state index contributed by atoms with van der Waals surface area (Å²) in [5, 5.41) is 22.1. The molecule has 0 saturated heterocycles. The second-order valence-corrected chi connectivity index (χ2v) is 3.89. The fraction of sp³-hybridized carbons (Fsp3) is 0.364. The number of nitro benzene ring substituents is 1. The molecule has 0 heterocycles. The molecule has 1 aromatic rings. The normalized spacial score (nSPS) is 11.2. The Labute approximate surface area is 116 Å². The molecule has 21 heavy (non-hydrogen) atoms. The Morgan fingerprint density at radius 3 is 2.62 bits per heavy atom. The summed E-state index contributed by atoms with van der Waals surface area (Å²) in [5.74, 6) is -1.47. The van der Waals surface area contributed by atoms with Gasteiger partial charge in [-0.05, 0) is 12.1 Å². The summed E-state index contributed by atoms with van der Waals surface area (Å²) in [6, 6.07) is 3.29. The molecule has 0 amide bonds. The third-order valence-electron chi connectivity index (χ3n) is 2.26. The summed E-state index contributed by atoms with van der Waals surface area (Å²) in [5.41, 5.74) is -0.851. The number of hydrogen-bond donors (Lipinski definition) is 2. The highest BCUT2D eigenvalue weighted by atomic mass is 19.4. The number of alkyl halides is 3. The topological polar surface area (TPSA) is 102 Å². The van der Waals surface area contributed by atoms with Crippen molar-refractivity contribution in [3.63, 3.8) is 0 Å². The van der Waals surface area contributed by atoms with E-state index in [4.69, 9.17) is 5.11 Å². The predicted molar refractivity (Wildman–Crippen MR) is 65.4 cm³/mol. The van der Waals surface area contributed by atoms with E-state index >= 15 is 0 Å². The van der Waals surface area contributed by atoms with Gasteiger partial charge in [-0.3, -0.25) is 10.1 Å². The van der Waals surface area contributed by atoms with E-state index in [1.165, 1.54) is 6.07 Å². The first-order chi connectivity index (χ1) is 9.70. The summed E-state index contributed by atoms with van der Waals surface area (Å²) in [6.45, 7) is -1.64. The van der Waals surface area contributed by atoms with E-state index in [9.17, 15) is 28.1 Å². The van der Waals surface area contributed by atoms with Gasteiger partial charge in [-0.2, -0.15) is 13.2 Å². The van der Waals surface area contributed by atoms with Crippen molar-refractivity contribution < 1.29 is 32.7 Å². The minimum Gasteiger partial charge on any atom is -0.477 e. The van der Waals surface area contributed by atoms with Crippen LogP contribution < -0.4 is 5.32 Å². The molecule has 2 N–H and O–H groups in total. The van der Waals surface area contributed by atoms with Crippen molar-refractivity contribution in [2.75, 3.05) is 25.1 Å². The van der Waals surface area contributed by atoms with E-state index < -0.39 is 34.9 Å². The lowest BCUT2D eigenvalue weighted by atomic mass is 10.1. The lowest BCUT2D eigenvalue weighted by Gasteiger charge is -2.09. The van der Waals surface area contributed by atoms with Crippen LogP contribution in [0.3, 0.4) is 0 Å². The number of nitro groups is 1. The number of carbonyl (C=O) groups is 1. The van der Waals surface area contributed by atoms with Crippen LogP contribution in [0.2, 0.25) is 0 Å². The van der Waals surface area contributed by atoms with Crippen LogP contribution in [0.5, 0.6) is 0 Å². The Morgan fingerprint density at radius 1 is 1.43 bits per heavy atom. The van der Waals surface area contributed by atoms with Gasteiger partial charge in [0.2, 0.25) is 0 Å². The van der Waals surface area contributed by atoms with E-state index in [-0.39, 0.29) is 18.8 Å². The average Bonchev–Trinajstić information content (AvgIpc) is 2.36. The fourth-order valence-electron chi connectivity index (χ4n) is 1.43. The monoisotopic (exact) mass is 308 g/mol. The van der Waals surface area contributed by atoms with E-state index in [0.29, 0.717) is 0 Å². The molecule has 116 valence electrons. The van der Waals surface area contributed by atoms with Gasteiger partial charge in [0.15, 0.2) is 0 Å². The van der Waals surface area contributed by atoms with Crippen LogP contribution in [0.1, 0.15) is 10.4 Å². The van der Waals surface area contributed by atoms with Crippen molar-refractivity contribution in [3.05, 3.63) is 33.9 Å². The number of ether oxygens (including phenoxy) is 1. The SMILES string of the molecule is O=C(O)c1cc(NCCOCC(F)(F)F)ccc1[N+](=O)[O-]. The minimum atomic E-state index is -4.41. The number of hydrogen-bond acceptors (Lipinski definition) is 5. The molecule has 0 saturated carbocycles. The second-order valence-electron chi connectivity index (χ2n) is 3.89. The number of aromatic carboxylic acids is 1. The van der Waals surface area contributed by atoms with Crippen molar-refractivity contribution in [1.29, 1.82) is 0 Å². The van der Waals surface area contributed by atoms with Gasteiger partial charge in [-0.15, -0.1) is 0 Å². The molecule has 0 aliphatic heterocycles. The van der Waals surface area contributed by atoms with Crippen LogP contribution in [-0.4, -0.2) is 41.9 Å². The highest BCUT2D eigenvalue weighted by molar-refractivity contribution is 5.93. The number of nitrogens with zero attached hydrogens (tertiary/aromatic N) is 1. The highest BCUT2D eigenvalue weighted by Crippen LogP contribution is 2.22. The maximum absolute atomic E-state index is 11.8. The number of benzene rings is 1. The zero-order chi connectivity index (χ0) is 16.0. The molecular weight excluding hydrogens is 297 g/mol. The van der Waals surface area contributed by atoms with Crippen LogP contribution in [-0.2, 0) is 4.74 Å². The Morgan fingerprint density at radius 2 is 2.10 bits per heavy atom. The van der Waals surface area contributed by atoms with Gasteiger partial charge in [0.1, 0.15) is 12.2 Å². The van der Waals surface area contributed by atoms with Crippen molar-refractivity contribution in [2.45, 2.75) is 6.18 Å². The maximum atomic E-state index is 11.8.